The standard InChI is InChI=1S/C12H12N2S/c1-14-11(7-10(8-13)12(14)15)9-5-3-2-4-6-9/h2-8,13,15H,1H3. The maximum absolute atomic E-state index is 7.27. The molecule has 0 aliphatic carbocycles. The van der Waals surface area contributed by atoms with Crippen LogP contribution < -0.4 is 0 Å². The molecule has 2 rings (SSSR count). The Hall–Kier alpha value is -1.48. The van der Waals surface area contributed by atoms with Crippen molar-refractivity contribution in [3.63, 3.8) is 0 Å². The first kappa shape index (κ1) is 10.1. The molecule has 0 aliphatic heterocycles. The van der Waals surface area contributed by atoms with Crippen molar-refractivity contribution in [2.24, 2.45) is 7.05 Å². The number of thiol groups is 1. The van der Waals surface area contributed by atoms with Gasteiger partial charge in [0.2, 0.25) is 0 Å². The Balaban J connectivity index is 2.59. The van der Waals surface area contributed by atoms with Crippen molar-refractivity contribution in [1.29, 1.82) is 5.41 Å². The zero-order chi connectivity index (χ0) is 10.8. The van der Waals surface area contributed by atoms with Crippen LogP contribution >= 0.6 is 12.6 Å². The highest BCUT2D eigenvalue weighted by molar-refractivity contribution is 7.80. The molecule has 0 bridgehead atoms. The predicted octanol–water partition coefficient (Wildman–Crippen LogP) is 2.98. The summed E-state index contributed by atoms with van der Waals surface area (Å²) in [6, 6.07) is 12.1. The molecule has 0 amide bonds. The molecule has 0 saturated carbocycles. The first-order chi connectivity index (χ1) is 7.24. The molecule has 76 valence electrons. The van der Waals surface area contributed by atoms with Gasteiger partial charge in [-0.15, -0.1) is 12.6 Å². The van der Waals surface area contributed by atoms with E-state index in [9.17, 15) is 0 Å². The molecule has 15 heavy (non-hydrogen) atoms. The fourth-order valence-corrected chi connectivity index (χ4v) is 1.85. The third-order valence-electron chi connectivity index (χ3n) is 2.45. The molecule has 2 nitrogen and oxygen atoms in total. The summed E-state index contributed by atoms with van der Waals surface area (Å²) in [6.07, 6.45) is 1.33. The van der Waals surface area contributed by atoms with Crippen LogP contribution in [-0.2, 0) is 7.05 Å². The predicted molar refractivity (Wildman–Crippen MR) is 66.0 cm³/mol. The summed E-state index contributed by atoms with van der Waals surface area (Å²) < 4.78 is 1.98. The zero-order valence-electron chi connectivity index (χ0n) is 8.44. The molecular weight excluding hydrogens is 204 g/mol. The van der Waals surface area contributed by atoms with Gasteiger partial charge in [0.15, 0.2) is 0 Å². The third kappa shape index (κ3) is 1.70. The normalized spacial score (nSPS) is 10.3. The van der Waals surface area contributed by atoms with E-state index in [4.69, 9.17) is 5.41 Å². The average Bonchev–Trinajstić information content (AvgIpc) is 2.57. The minimum Gasteiger partial charge on any atom is -0.339 e. The van der Waals surface area contributed by atoms with Crippen LogP contribution in [0.1, 0.15) is 5.56 Å². The zero-order valence-corrected chi connectivity index (χ0v) is 9.33. The van der Waals surface area contributed by atoms with Gasteiger partial charge in [0.1, 0.15) is 0 Å². The second-order valence-electron chi connectivity index (χ2n) is 3.38. The van der Waals surface area contributed by atoms with Crippen molar-refractivity contribution in [1.82, 2.24) is 4.57 Å². The minimum absolute atomic E-state index is 0.823. The number of hydrogen-bond donors (Lipinski definition) is 2. The van der Waals surface area contributed by atoms with E-state index in [1.165, 1.54) is 6.21 Å². The molecule has 2 aromatic rings. The fourth-order valence-electron chi connectivity index (χ4n) is 1.61. The van der Waals surface area contributed by atoms with Gasteiger partial charge in [-0.05, 0) is 11.6 Å². The number of hydrogen-bond acceptors (Lipinski definition) is 2. The number of nitrogens with zero attached hydrogens (tertiary/aromatic N) is 1. The Bertz CT molecular complexity index is 486. The molecule has 1 N–H and O–H groups in total. The van der Waals surface area contributed by atoms with Gasteiger partial charge in [-0.2, -0.15) is 0 Å². The summed E-state index contributed by atoms with van der Waals surface area (Å²) in [5.74, 6) is 0. The summed E-state index contributed by atoms with van der Waals surface area (Å²) >= 11 is 4.37. The van der Waals surface area contributed by atoms with Crippen molar-refractivity contribution in [3.05, 3.63) is 42.0 Å². The van der Waals surface area contributed by atoms with E-state index in [0.717, 1.165) is 21.8 Å². The first-order valence-corrected chi connectivity index (χ1v) is 5.13. The topological polar surface area (TPSA) is 28.8 Å². The van der Waals surface area contributed by atoms with Crippen LogP contribution in [0, 0.1) is 5.41 Å². The van der Waals surface area contributed by atoms with Crippen LogP contribution in [0.2, 0.25) is 0 Å². The van der Waals surface area contributed by atoms with E-state index in [1.54, 1.807) is 0 Å². The number of rotatable bonds is 2. The maximum atomic E-state index is 7.27. The van der Waals surface area contributed by atoms with Crippen molar-refractivity contribution < 1.29 is 0 Å². The van der Waals surface area contributed by atoms with E-state index in [2.05, 4.69) is 24.8 Å². The van der Waals surface area contributed by atoms with Gasteiger partial charge in [-0.25, -0.2) is 0 Å². The molecule has 0 radical (unpaired) electrons. The van der Waals surface area contributed by atoms with Gasteiger partial charge in [-0.3, -0.25) is 0 Å². The van der Waals surface area contributed by atoms with E-state index >= 15 is 0 Å². The summed E-state index contributed by atoms with van der Waals surface area (Å²) in [6.45, 7) is 0. The van der Waals surface area contributed by atoms with Gasteiger partial charge in [0, 0.05) is 24.5 Å². The second-order valence-corrected chi connectivity index (χ2v) is 3.80. The molecule has 1 aromatic carbocycles. The lowest BCUT2D eigenvalue weighted by molar-refractivity contribution is 0.839. The Labute approximate surface area is 94.5 Å². The lowest BCUT2D eigenvalue weighted by Gasteiger charge is -2.03. The van der Waals surface area contributed by atoms with Crippen molar-refractivity contribution in [3.8, 4) is 11.3 Å². The van der Waals surface area contributed by atoms with Crippen LogP contribution in [-0.4, -0.2) is 10.8 Å². The van der Waals surface area contributed by atoms with E-state index in [1.807, 2.05) is 35.9 Å². The Morgan fingerprint density at radius 3 is 2.47 bits per heavy atom. The largest absolute Gasteiger partial charge is 0.339 e. The minimum atomic E-state index is 0.823. The molecule has 0 unspecified atom stereocenters. The SMILES string of the molecule is Cn1c(-c2ccccc2)cc(C=N)c1S. The van der Waals surface area contributed by atoms with E-state index in [-0.39, 0.29) is 0 Å². The molecule has 0 fully saturated rings. The van der Waals surface area contributed by atoms with Crippen LogP contribution in [0.4, 0.5) is 0 Å². The summed E-state index contributed by atoms with van der Waals surface area (Å²) in [5.41, 5.74) is 3.07. The van der Waals surface area contributed by atoms with Crippen LogP contribution in [0.25, 0.3) is 11.3 Å². The highest BCUT2D eigenvalue weighted by Gasteiger charge is 2.08. The first-order valence-electron chi connectivity index (χ1n) is 4.68. The molecule has 0 aliphatic rings. The fraction of sp³-hybridized carbons (Fsp3) is 0.0833. The maximum Gasteiger partial charge on any atom is 0.0808 e. The summed E-state index contributed by atoms with van der Waals surface area (Å²) in [7, 11) is 1.96. The van der Waals surface area contributed by atoms with Crippen LogP contribution in [0.5, 0.6) is 0 Å². The molecule has 0 atom stereocenters. The van der Waals surface area contributed by atoms with Gasteiger partial charge < -0.3 is 9.98 Å². The average molecular weight is 216 g/mol. The molecule has 3 heteroatoms. The van der Waals surface area contributed by atoms with Crippen LogP contribution in [0.3, 0.4) is 0 Å². The quantitative estimate of drug-likeness (QED) is 0.571. The van der Waals surface area contributed by atoms with Gasteiger partial charge in [0.25, 0.3) is 0 Å². The third-order valence-corrected chi connectivity index (χ3v) is 3.01. The number of nitrogens with one attached hydrogen (secondary N) is 1. The lowest BCUT2D eigenvalue weighted by Crippen LogP contribution is -1.91. The second kappa shape index (κ2) is 3.95. The Kier molecular flexibility index (Phi) is 2.64. The lowest BCUT2D eigenvalue weighted by atomic mass is 10.1. The highest BCUT2D eigenvalue weighted by Crippen LogP contribution is 2.25. The van der Waals surface area contributed by atoms with Gasteiger partial charge in [-0.1, -0.05) is 30.3 Å². The molecule has 0 spiro atoms. The molecule has 1 aromatic heterocycles. The van der Waals surface area contributed by atoms with E-state index < -0.39 is 0 Å². The number of aromatic nitrogens is 1. The van der Waals surface area contributed by atoms with Gasteiger partial charge >= 0.3 is 0 Å². The summed E-state index contributed by atoms with van der Waals surface area (Å²) in [5, 5.41) is 8.09. The highest BCUT2D eigenvalue weighted by atomic mass is 32.1. The number of benzene rings is 1. The van der Waals surface area contributed by atoms with Crippen molar-refractivity contribution in [2.75, 3.05) is 0 Å². The van der Waals surface area contributed by atoms with Gasteiger partial charge in [0.05, 0.1) is 5.03 Å². The molecule has 0 saturated heterocycles. The monoisotopic (exact) mass is 216 g/mol. The van der Waals surface area contributed by atoms with Crippen LogP contribution in [0.15, 0.2) is 41.4 Å². The smallest absolute Gasteiger partial charge is 0.0808 e. The molecule has 1 heterocycles. The van der Waals surface area contributed by atoms with E-state index in [0.29, 0.717) is 0 Å². The Morgan fingerprint density at radius 2 is 1.93 bits per heavy atom. The molecular formula is C12H12N2S. The van der Waals surface area contributed by atoms with Crippen molar-refractivity contribution >= 4 is 18.8 Å². The van der Waals surface area contributed by atoms with Crippen molar-refractivity contribution in [2.45, 2.75) is 5.03 Å². The summed E-state index contributed by atoms with van der Waals surface area (Å²) in [4.78, 5) is 0. The Morgan fingerprint density at radius 1 is 1.27 bits per heavy atom.